The van der Waals surface area contributed by atoms with Crippen LogP contribution in [-0.2, 0) is 11.2 Å². The van der Waals surface area contributed by atoms with Gasteiger partial charge >= 0.3 is 0 Å². The monoisotopic (exact) mass is 331 g/mol. The van der Waals surface area contributed by atoms with Crippen LogP contribution >= 0.6 is 0 Å². The molecule has 1 atom stereocenters. The van der Waals surface area contributed by atoms with Gasteiger partial charge in [-0.1, -0.05) is 17.3 Å². The van der Waals surface area contributed by atoms with E-state index in [2.05, 4.69) is 15.4 Å². The first kappa shape index (κ1) is 18.0. The molecule has 0 unspecified atom stereocenters. The topological polar surface area (TPSA) is 67.6 Å². The second kappa shape index (κ2) is 7.97. The lowest BCUT2D eigenvalue weighted by molar-refractivity contribution is -0.120. The molecule has 1 N–H and O–H groups in total. The Hall–Kier alpha value is -2.34. The SMILES string of the molecule is COc1ccc([C@@H](CNC(=O)Cc2c(C)noc2C)N(C)C)cc1. The summed E-state index contributed by atoms with van der Waals surface area (Å²) in [5.41, 5.74) is 2.75. The van der Waals surface area contributed by atoms with Gasteiger partial charge in [-0.15, -0.1) is 0 Å². The Balaban J connectivity index is 1.99. The predicted molar refractivity (Wildman–Crippen MR) is 92.1 cm³/mol. The number of nitrogens with zero attached hydrogens (tertiary/aromatic N) is 2. The number of nitrogens with one attached hydrogen (secondary N) is 1. The molecular formula is C18H25N3O3. The van der Waals surface area contributed by atoms with Crippen LogP contribution in [0.25, 0.3) is 0 Å². The fraction of sp³-hybridized carbons (Fsp3) is 0.444. The average Bonchev–Trinajstić information content (AvgIpc) is 2.87. The number of benzene rings is 1. The van der Waals surface area contributed by atoms with Gasteiger partial charge in [0.2, 0.25) is 5.91 Å². The van der Waals surface area contributed by atoms with Crippen molar-refractivity contribution in [3.63, 3.8) is 0 Å². The Morgan fingerprint density at radius 3 is 2.46 bits per heavy atom. The van der Waals surface area contributed by atoms with Crippen molar-refractivity contribution in [2.45, 2.75) is 26.3 Å². The first-order valence-electron chi connectivity index (χ1n) is 7.91. The summed E-state index contributed by atoms with van der Waals surface area (Å²) in [7, 11) is 5.64. The third-order valence-corrected chi connectivity index (χ3v) is 4.14. The summed E-state index contributed by atoms with van der Waals surface area (Å²) in [4.78, 5) is 14.3. The van der Waals surface area contributed by atoms with E-state index in [1.807, 2.05) is 52.2 Å². The van der Waals surface area contributed by atoms with Crippen molar-refractivity contribution in [1.29, 1.82) is 0 Å². The summed E-state index contributed by atoms with van der Waals surface area (Å²) in [5, 5.41) is 6.88. The first-order chi connectivity index (χ1) is 11.4. The second-order valence-electron chi connectivity index (χ2n) is 6.04. The second-order valence-corrected chi connectivity index (χ2v) is 6.04. The van der Waals surface area contributed by atoms with Crippen molar-refractivity contribution in [3.05, 3.63) is 46.8 Å². The number of carbonyl (C=O) groups excluding carboxylic acids is 1. The van der Waals surface area contributed by atoms with Crippen molar-refractivity contribution in [3.8, 4) is 5.75 Å². The molecule has 0 radical (unpaired) electrons. The van der Waals surface area contributed by atoms with Gasteiger partial charge in [0.05, 0.1) is 25.3 Å². The molecule has 24 heavy (non-hydrogen) atoms. The van der Waals surface area contributed by atoms with E-state index >= 15 is 0 Å². The zero-order valence-electron chi connectivity index (χ0n) is 14.9. The lowest BCUT2D eigenvalue weighted by Gasteiger charge is -2.25. The van der Waals surface area contributed by atoms with Crippen LogP contribution in [0.2, 0.25) is 0 Å². The molecule has 6 heteroatoms. The summed E-state index contributed by atoms with van der Waals surface area (Å²) in [6, 6.07) is 7.98. The summed E-state index contributed by atoms with van der Waals surface area (Å²) in [6.45, 7) is 4.20. The van der Waals surface area contributed by atoms with Gasteiger partial charge in [-0.05, 0) is 45.6 Å². The maximum atomic E-state index is 12.3. The van der Waals surface area contributed by atoms with E-state index in [0.29, 0.717) is 12.3 Å². The smallest absolute Gasteiger partial charge is 0.224 e. The summed E-state index contributed by atoms with van der Waals surface area (Å²) >= 11 is 0. The highest BCUT2D eigenvalue weighted by Gasteiger charge is 2.17. The molecule has 1 aromatic heterocycles. The normalized spacial score (nSPS) is 12.2. The van der Waals surface area contributed by atoms with Crippen molar-refractivity contribution >= 4 is 5.91 Å². The van der Waals surface area contributed by atoms with Gasteiger partial charge in [-0.2, -0.15) is 0 Å². The number of aryl methyl sites for hydroxylation is 2. The van der Waals surface area contributed by atoms with E-state index in [-0.39, 0.29) is 18.4 Å². The van der Waals surface area contributed by atoms with E-state index in [0.717, 1.165) is 22.6 Å². The van der Waals surface area contributed by atoms with Crippen molar-refractivity contribution in [2.75, 3.05) is 27.7 Å². The number of hydrogen-bond donors (Lipinski definition) is 1. The predicted octanol–water partition coefficient (Wildman–Crippen LogP) is 2.26. The quantitative estimate of drug-likeness (QED) is 0.843. The zero-order chi connectivity index (χ0) is 17.7. The number of amides is 1. The molecule has 6 nitrogen and oxygen atoms in total. The van der Waals surface area contributed by atoms with E-state index < -0.39 is 0 Å². The number of aromatic nitrogens is 1. The number of rotatable bonds is 7. The summed E-state index contributed by atoms with van der Waals surface area (Å²) in [5.74, 6) is 1.48. The lowest BCUT2D eigenvalue weighted by Crippen LogP contribution is -2.35. The van der Waals surface area contributed by atoms with Gasteiger partial charge in [-0.25, -0.2) is 0 Å². The molecule has 0 saturated heterocycles. The van der Waals surface area contributed by atoms with Crippen LogP contribution in [0.5, 0.6) is 5.75 Å². The fourth-order valence-corrected chi connectivity index (χ4v) is 2.61. The molecule has 1 heterocycles. The van der Waals surface area contributed by atoms with Gasteiger partial charge in [0.25, 0.3) is 0 Å². The molecule has 0 fully saturated rings. The summed E-state index contributed by atoms with van der Waals surface area (Å²) in [6.07, 6.45) is 0.282. The van der Waals surface area contributed by atoms with Gasteiger partial charge < -0.3 is 19.5 Å². The number of methoxy groups -OCH3 is 1. The molecule has 130 valence electrons. The van der Waals surface area contributed by atoms with Crippen LogP contribution in [-0.4, -0.2) is 43.7 Å². The first-order valence-corrected chi connectivity index (χ1v) is 7.91. The van der Waals surface area contributed by atoms with Crippen LogP contribution < -0.4 is 10.1 Å². The van der Waals surface area contributed by atoms with Crippen LogP contribution in [0, 0.1) is 13.8 Å². The van der Waals surface area contributed by atoms with Crippen molar-refractivity contribution < 1.29 is 14.1 Å². The molecule has 0 bridgehead atoms. The molecule has 0 aliphatic carbocycles. The molecular weight excluding hydrogens is 306 g/mol. The highest BCUT2D eigenvalue weighted by atomic mass is 16.5. The van der Waals surface area contributed by atoms with E-state index in [9.17, 15) is 4.79 Å². The maximum Gasteiger partial charge on any atom is 0.224 e. The third kappa shape index (κ3) is 4.35. The third-order valence-electron chi connectivity index (χ3n) is 4.14. The zero-order valence-corrected chi connectivity index (χ0v) is 14.9. The van der Waals surface area contributed by atoms with E-state index in [4.69, 9.17) is 9.26 Å². The molecule has 2 aromatic rings. The number of likely N-dealkylation sites (N-methyl/N-ethyl adjacent to an activating group) is 1. The minimum atomic E-state index is -0.0373. The minimum Gasteiger partial charge on any atom is -0.497 e. The van der Waals surface area contributed by atoms with E-state index in [1.54, 1.807) is 7.11 Å². The van der Waals surface area contributed by atoms with Crippen LogP contribution in [0.4, 0.5) is 0 Å². The van der Waals surface area contributed by atoms with Gasteiger partial charge in [-0.3, -0.25) is 4.79 Å². The Morgan fingerprint density at radius 2 is 1.96 bits per heavy atom. The molecule has 1 amide bonds. The summed E-state index contributed by atoms with van der Waals surface area (Å²) < 4.78 is 10.3. The highest BCUT2D eigenvalue weighted by Crippen LogP contribution is 2.21. The minimum absolute atomic E-state index is 0.0373. The number of ether oxygens (including phenoxy) is 1. The van der Waals surface area contributed by atoms with Gasteiger partial charge in [0.15, 0.2) is 0 Å². The standard InChI is InChI=1S/C18H25N3O3/c1-12-16(13(2)24-20-12)10-18(22)19-11-17(21(3)4)14-6-8-15(23-5)9-7-14/h6-9,17H,10-11H2,1-5H3,(H,19,22)/t17-/m1/s1. The molecule has 0 spiro atoms. The Kier molecular flexibility index (Phi) is 5.98. The molecule has 0 aliphatic rings. The van der Waals surface area contributed by atoms with Crippen LogP contribution in [0.15, 0.2) is 28.8 Å². The van der Waals surface area contributed by atoms with Crippen LogP contribution in [0.1, 0.15) is 28.6 Å². The molecule has 0 aliphatic heterocycles. The number of hydrogen-bond acceptors (Lipinski definition) is 5. The fourth-order valence-electron chi connectivity index (χ4n) is 2.61. The Morgan fingerprint density at radius 1 is 1.29 bits per heavy atom. The maximum absolute atomic E-state index is 12.3. The lowest BCUT2D eigenvalue weighted by atomic mass is 10.1. The van der Waals surface area contributed by atoms with Gasteiger partial charge in [0.1, 0.15) is 11.5 Å². The highest BCUT2D eigenvalue weighted by molar-refractivity contribution is 5.79. The van der Waals surface area contributed by atoms with Crippen molar-refractivity contribution in [2.24, 2.45) is 0 Å². The molecule has 2 rings (SSSR count). The Labute approximate surface area is 142 Å². The van der Waals surface area contributed by atoms with E-state index in [1.165, 1.54) is 0 Å². The molecule has 1 aromatic carbocycles. The molecule has 0 saturated carbocycles. The van der Waals surface area contributed by atoms with Gasteiger partial charge in [0, 0.05) is 12.1 Å². The van der Waals surface area contributed by atoms with Crippen LogP contribution in [0.3, 0.4) is 0 Å². The number of carbonyl (C=O) groups is 1. The van der Waals surface area contributed by atoms with Crippen molar-refractivity contribution in [1.82, 2.24) is 15.4 Å². The largest absolute Gasteiger partial charge is 0.497 e. The average molecular weight is 331 g/mol. The Bertz CT molecular complexity index is 658.